The lowest BCUT2D eigenvalue weighted by molar-refractivity contribution is 0.0832. The molecule has 0 aromatic carbocycles. The molecule has 1 aromatic heterocycles. The molecule has 0 saturated carbocycles. The first-order valence-electron chi connectivity index (χ1n) is 5.69. The van der Waals surface area contributed by atoms with Crippen LogP contribution in [0.2, 0.25) is 0 Å². The molecule has 1 aliphatic heterocycles. The zero-order valence-electron chi connectivity index (χ0n) is 9.52. The van der Waals surface area contributed by atoms with Gasteiger partial charge < -0.3 is 10.4 Å². The normalized spacial score (nSPS) is 22.2. The molecular weight excluding hydrogens is 224 g/mol. The van der Waals surface area contributed by atoms with Crippen molar-refractivity contribution in [2.75, 3.05) is 25.5 Å². The van der Waals surface area contributed by atoms with Crippen LogP contribution in [0, 0.1) is 0 Å². The molecule has 1 aromatic rings. The van der Waals surface area contributed by atoms with Gasteiger partial charge in [0.25, 0.3) is 0 Å². The maximum Gasteiger partial charge on any atom is 0.134 e. The van der Waals surface area contributed by atoms with Crippen molar-refractivity contribution in [2.24, 2.45) is 0 Å². The van der Waals surface area contributed by atoms with Crippen molar-refractivity contribution in [1.29, 1.82) is 0 Å². The molecule has 0 amide bonds. The maximum absolute atomic E-state index is 9.33. The molecule has 2 heterocycles. The van der Waals surface area contributed by atoms with Gasteiger partial charge in [0.1, 0.15) is 10.7 Å². The van der Waals surface area contributed by atoms with Crippen LogP contribution in [0.4, 0.5) is 5.00 Å². The first-order chi connectivity index (χ1) is 7.85. The Balaban J connectivity index is 2.02. The zero-order chi connectivity index (χ0) is 11.4. The molecule has 2 N–H and O–H groups in total. The highest BCUT2D eigenvalue weighted by atomic mass is 32.1. The summed E-state index contributed by atoms with van der Waals surface area (Å²) in [5, 5.41) is 17.6. The number of aliphatic hydroxyl groups excluding tert-OH is 1. The van der Waals surface area contributed by atoms with Crippen LogP contribution in [0.3, 0.4) is 0 Å². The van der Waals surface area contributed by atoms with Crippen LogP contribution in [0.1, 0.15) is 25.0 Å². The third-order valence-electron chi connectivity index (χ3n) is 3.10. The second-order valence-corrected chi connectivity index (χ2v) is 4.86. The third kappa shape index (κ3) is 2.50. The number of rotatable bonds is 4. The van der Waals surface area contributed by atoms with Crippen molar-refractivity contribution in [3.8, 4) is 0 Å². The van der Waals surface area contributed by atoms with Crippen molar-refractivity contribution in [1.82, 2.24) is 14.5 Å². The van der Waals surface area contributed by atoms with E-state index in [-0.39, 0.29) is 6.61 Å². The predicted molar refractivity (Wildman–Crippen MR) is 64.6 cm³/mol. The summed E-state index contributed by atoms with van der Waals surface area (Å²) in [6.45, 7) is 2.08. The first-order valence-corrected chi connectivity index (χ1v) is 6.46. The number of aromatic nitrogens is 2. The molecule has 90 valence electrons. The molecule has 16 heavy (non-hydrogen) atoms. The Bertz CT molecular complexity index is 330. The van der Waals surface area contributed by atoms with E-state index in [4.69, 9.17) is 0 Å². The van der Waals surface area contributed by atoms with Crippen molar-refractivity contribution < 1.29 is 5.11 Å². The van der Waals surface area contributed by atoms with Gasteiger partial charge in [-0.05, 0) is 19.4 Å². The molecule has 0 bridgehead atoms. The van der Waals surface area contributed by atoms with E-state index >= 15 is 0 Å². The van der Waals surface area contributed by atoms with Gasteiger partial charge in [-0.1, -0.05) is 10.9 Å². The van der Waals surface area contributed by atoms with E-state index in [1.165, 1.54) is 24.4 Å². The number of anilines is 1. The number of hydrogen-bond donors (Lipinski definition) is 2. The Labute approximate surface area is 99.6 Å². The summed E-state index contributed by atoms with van der Waals surface area (Å²) in [6.07, 6.45) is 3.52. The second kappa shape index (κ2) is 5.56. The molecule has 0 aliphatic carbocycles. The van der Waals surface area contributed by atoms with Gasteiger partial charge in [0, 0.05) is 31.2 Å². The molecule has 1 unspecified atom stereocenters. The van der Waals surface area contributed by atoms with E-state index < -0.39 is 0 Å². The van der Waals surface area contributed by atoms with E-state index in [9.17, 15) is 5.11 Å². The summed E-state index contributed by atoms with van der Waals surface area (Å²) in [5.41, 5.74) is 0.993. The van der Waals surface area contributed by atoms with Crippen LogP contribution in [0.25, 0.3) is 0 Å². The molecule has 1 saturated heterocycles. The summed E-state index contributed by atoms with van der Waals surface area (Å²) >= 11 is 1.39. The molecule has 5 nitrogen and oxygen atoms in total. The van der Waals surface area contributed by atoms with Gasteiger partial charge in [-0.15, -0.1) is 5.10 Å². The van der Waals surface area contributed by atoms with Gasteiger partial charge in [0.2, 0.25) is 0 Å². The van der Waals surface area contributed by atoms with Crippen molar-refractivity contribution in [3.63, 3.8) is 0 Å². The minimum atomic E-state index is 0.243. The Hall–Kier alpha value is -0.720. The number of aliphatic hydroxyl groups is 1. The molecule has 0 radical (unpaired) electrons. The van der Waals surface area contributed by atoms with Gasteiger partial charge in [0.05, 0.1) is 6.61 Å². The van der Waals surface area contributed by atoms with Crippen LogP contribution in [0.5, 0.6) is 0 Å². The lowest BCUT2D eigenvalue weighted by Crippen LogP contribution is -2.41. The standard InChI is InChI=1S/C10H18N4OS/c1-11-10-9(12-13-16-10)6-14-5-3-2-4-8(14)7-15/h8,11,15H,2-7H2,1H3. The number of likely N-dealkylation sites (tertiary alicyclic amines) is 1. The monoisotopic (exact) mass is 242 g/mol. The fourth-order valence-corrected chi connectivity index (χ4v) is 2.69. The Morgan fingerprint density at radius 1 is 1.56 bits per heavy atom. The lowest BCUT2D eigenvalue weighted by atomic mass is 10.0. The highest BCUT2D eigenvalue weighted by Gasteiger charge is 2.23. The van der Waals surface area contributed by atoms with Crippen LogP contribution in [-0.2, 0) is 6.54 Å². The summed E-state index contributed by atoms with van der Waals surface area (Å²) in [4.78, 5) is 2.31. The highest BCUT2D eigenvalue weighted by Crippen LogP contribution is 2.23. The molecule has 6 heteroatoms. The van der Waals surface area contributed by atoms with Crippen LogP contribution in [-0.4, -0.2) is 45.8 Å². The average molecular weight is 242 g/mol. The van der Waals surface area contributed by atoms with E-state index in [0.29, 0.717) is 6.04 Å². The maximum atomic E-state index is 9.33. The highest BCUT2D eigenvalue weighted by molar-refractivity contribution is 7.10. The fraction of sp³-hybridized carbons (Fsp3) is 0.800. The van der Waals surface area contributed by atoms with E-state index in [2.05, 4.69) is 19.8 Å². The topological polar surface area (TPSA) is 61.3 Å². The van der Waals surface area contributed by atoms with Gasteiger partial charge in [-0.3, -0.25) is 4.90 Å². The Morgan fingerprint density at radius 3 is 3.19 bits per heavy atom. The predicted octanol–water partition coefficient (Wildman–Crippen LogP) is 0.927. The number of nitrogens with zero attached hydrogens (tertiary/aromatic N) is 3. The van der Waals surface area contributed by atoms with Crippen molar-refractivity contribution >= 4 is 16.5 Å². The minimum Gasteiger partial charge on any atom is -0.395 e. The lowest BCUT2D eigenvalue weighted by Gasteiger charge is -2.33. The fourth-order valence-electron chi connectivity index (χ4n) is 2.17. The Kier molecular flexibility index (Phi) is 4.09. The second-order valence-electron chi connectivity index (χ2n) is 4.10. The first kappa shape index (κ1) is 11.8. The van der Waals surface area contributed by atoms with Gasteiger partial charge in [0.15, 0.2) is 0 Å². The smallest absolute Gasteiger partial charge is 0.134 e. The zero-order valence-corrected chi connectivity index (χ0v) is 10.3. The summed E-state index contributed by atoms with van der Waals surface area (Å²) in [7, 11) is 1.89. The third-order valence-corrected chi connectivity index (χ3v) is 3.88. The molecule has 0 spiro atoms. The summed E-state index contributed by atoms with van der Waals surface area (Å²) < 4.78 is 3.95. The van der Waals surface area contributed by atoms with Crippen LogP contribution in [0.15, 0.2) is 0 Å². The largest absolute Gasteiger partial charge is 0.395 e. The van der Waals surface area contributed by atoms with E-state index in [1.54, 1.807) is 0 Å². The van der Waals surface area contributed by atoms with E-state index in [1.807, 2.05) is 7.05 Å². The molecule has 1 fully saturated rings. The quantitative estimate of drug-likeness (QED) is 0.822. The van der Waals surface area contributed by atoms with Gasteiger partial charge >= 0.3 is 0 Å². The minimum absolute atomic E-state index is 0.243. The molecule has 1 atom stereocenters. The van der Waals surface area contributed by atoms with Gasteiger partial charge in [-0.25, -0.2) is 0 Å². The van der Waals surface area contributed by atoms with Gasteiger partial charge in [-0.2, -0.15) is 0 Å². The number of nitrogens with one attached hydrogen (secondary N) is 1. The summed E-state index contributed by atoms with van der Waals surface area (Å²) in [6, 6.07) is 0.292. The molecule has 1 aliphatic rings. The number of piperidine rings is 1. The van der Waals surface area contributed by atoms with Crippen molar-refractivity contribution in [3.05, 3.63) is 5.69 Å². The SMILES string of the molecule is CNc1snnc1CN1CCCCC1CO. The molecular formula is C10H18N4OS. The van der Waals surface area contributed by atoms with Crippen LogP contribution >= 0.6 is 11.5 Å². The summed E-state index contributed by atoms with van der Waals surface area (Å²) in [5.74, 6) is 0. The van der Waals surface area contributed by atoms with Crippen LogP contribution < -0.4 is 5.32 Å². The average Bonchev–Trinajstić information content (AvgIpc) is 2.77. The Morgan fingerprint density at radius 2 is 2.44 bits per heavy atom. The van der Waals surface area contributed by atoms with Crippen molar-refractivity contribution in [2.45, 2.75) is 31.8 Å². The number of hydrogen-bond acceptors (Lipinski definition) is 6. The molecule has 2 rings (SSSR count). The van der Waals surface area contributed by atoms with E-state index in [0.717, 1.165) is 30.2 Å².